The second-order valence-electron chi connectivity index (χ2n) is 7.17. The molecule has 11 heteroatoms. The molecule has 0 atom stereocenters. The van der Waals surface area contributed by atoms with E-state index in [1.54, 1.807) is 33.5 Å². The SMILES string of the molecule is COc1ccc(Br)cc1CN1CCN(C(=O)c2c(OC)cccc2OC)CC1.O=C(O)C(=O)O. The number of ether oxygens (including phenoxy) is 3. The summed E-state index contributed by atoms with van der Waals surface area (Å²) in [5.74, 6) is -1.77. The van der Waals surface area contributed by atoms with Crippen molar-refractivity contribution < 1.29 is 38.8 Å². The summed E-state index contributed by atoms with van der Waals surface area (Å²) >= 11 is 3.52. The van der Waals surface area contributed by atoms with Gasteiger partial charge in [0.25, 0.3) is 5.91 Å². The van der Waals surface area contributed by atoms with E-state index >= 15 is 0 Å². The topological polar surface area (TPSA) is 126 Å². The Kier molecular flexibility index (Phi) is 10.1. The van der Waals surface area contributed by atoms with E-state index < -0.39 is 11.9 Å². The molecule has 0 unspecified atom stereocenters. The first kappa shape index (κ1) is 26.9. The zero-order valence-corrected chi connectivity index (χ0v) is 20.7. The van der Waals surface area contributed by atoms with Crippen LogP contribution in [0, 0.1) is 0 Å². The number of nitrogens with zero attached hydrogens (tertiary/aromatic N) is 2. The lowest BCUT2D eigenvalue weighted by atomic mass is 10.1. The van der Waals surface area contributed by atoms with Gasteiger partial charge in [-0.2, -0.15) is 0 Å². The molecule has 3 rings (SSSR count). The number of hydrogen-bond donors (Lipinski definition) is 2. The van der Waals surface area contributed by atoms with E-state index in [2.05, 4.69) is 26.9 Å². The first-order chi connectivity index (χ1) is 16.2. The smallest absolute Gasteiger partial charge is 0.414 e. The number of benzene rings is 2. The summed E-state index contributed by atoms with van der Waals surface area (Å²) in [5, 5.41) is 14.8. The molecule has 0 radical (unpaired) electrons. The van der Waals surface area contributed by atoms with E-state index in [9.17, 15) is 4.79 Å². The fraction of sp³-hybridized carbons (Fsp3) is 0.348. The van der Waals surface area contributed by atoms with Crippen LogP contribution in [0.2, 0.25) is 0 Å². The highest BCUT2D eigenvalue weighted by Crippen LogP contribution is 2.30. The first-order valence-corrected chi connectivity index (χ1v) is 11.0. The van der Waals surface area contributed by atoms with Gasteiger partial charge in [0, 0.05) is 42.8 Å². The third-order valence-corrected chi connectivity index (χ3v) is 5.61. The Morgan fingerprint density at radius 1 is 0.853 bits per heavy atom. The number of aliphatic carboxylic acids is 2. The molecular formula is C23H27BrN2O8. The zero-order chi connectivity index (χ0) is 25.3. The van der Waals surface area contributed by atoms with Gasteiger partial charge in [0.1, 0.15) is 22.8 Å². The lowest BCUT2D eigenvalue weighted by Gasteiger charge is -2.35. The van der Waals surface area contributed by atoms with Crippen molar-refractivity contribution >= 4 is 33.8 Å². The summed E-state index contributed by atoms with van der Waals surface area (Å²) in [6, 6.07) is 11.4. The van der Waals surface area contributed by atoms with Crippen molar-refractivity contribution in [1.29, 1.82) is 0 Å². The summed E-state index contributed by atoms with van der Waals surface area (Å²) in [5.41, 5.74) is 1.61. The average Bonchev–Trinajstić information content (AvgIpc) is 2.84. The third kappa shape index (κ3) is 7.09. The number of amides is 1. The molecule has 0 bridgehead atoms. The van der Waals surface area contributed by atoms with Gasteiger partial charge in [-0.3, -0.25) is 9.69 Å². The number of piperazine rings is 1. The molecule has 2 aromatic rings. The number of rotatable bonds is 6. The molecule has 10 nitrogen and oxygen atoms in total. The van der Waals surface area contributed by atoms with E-state index in [0.717, 1.165) is 35.4 Å². The average molecular weight is 539 g/mol. The van der Waals surface area contributed by atoms with Gasteiger partial charge in [-0.05, 0) is 30.3 Å². The van der Waals surface area contributed by atoms with Crippen molar-refractivity contribution in [3.63, 3.8) is 0 Å². The van der Waals surface area contributed by atoms with Gasteiger partial charge in [0.2, 0.25) is 0 Å². The quantitative estimate of drug-likeness (QED) is 0.533. The molecule has 34 heavy (non-hydrogen) atoms. The lowest BCUT2D eigenvalue weighted by Crippen LogP contribution is -2.48. The molecule has 1 aliphatic heterocycles. The Hall–Kier alpha value is -3.31. The van der Waals surface area contributed by atoms with Crippen LogP contribution in [-0.2, 0) is 16.1 Å². The molecule has 1 amide bonds. The zero-order valence-electron chi connectivity index (χ0n) is 19.1. The molecule has 1 fully saturated rings. The van der Waals surface area contributed by atoms with Crippen LogP contribution in [0.25, 0.3) is 0 Å². The summed E-state index contributed by atoms with van der Waals surface area (Å²) in [7, 11) is 4.81. The van der Waals surface area contributed by atoms with Crippen LogP contribution >= 0.6 is 15.9 Å². The molecule has 0 saturated carbocycles. The predicted molar refractivity (Wildman–Crippen MR) is 127 cm³/mol. The van der Waals surface area contributed by atoms with Crippen LogP contribution in [0.3, 0.4) is 0 Å². The predicted octanol–water partition coefficient (Wildman–Crippen LogP) is 2.59. The number of carbonyl (C=O) groups excluding carboxylic acids is 1. The maximum Gasteiger partial charge on any atom is 0.414 e. The molecule has 0 aromatic heterocycles. The minimum absolute atomic E-state index is 0.0611. The number of hydrogen-bond acceptors (Lipinski definition) is 7. The van der Waals surface area contributed by atoms with E-state index in [0.29, 0.717) is 30.2 Å². The van der Waals surface area contributed by atoms with Crippen LogP contribution in [0.1, 0.15) is 15.9 Å². The number of carboxylic acid groups (broad SMARTS) is 2. The maximum absolute atomic E-state index is 13.1. The summed E-state index contributed by atoms with van der Waals surface area (Å²) < 4.78 is 17.3. The minimum Gasteiger partial charge on any atom is -0.496 e. The summed E-state index contributed by atoms with van der Waals surface area (Å²) in [4.78, 5) is 35.5. The summed E-state index contributed by atoms with van der Waals surface area (Å²) in [6.45, 7) is 3.66. The van der Waals surface area contributed by atoms with Gasteiger partial charge in [-0.1, -0.05) is 22.0 Å². The Balaban J connectivity index is 0.000000604. The Labute approximate surface area is 205 Å². The van der Waals surface area contributed by atoms with E-state index in [1.165, 1.54) is 0 Å². The van der Waals surface area contributed by atoms with Crippen molar-refractivity contribution in [3.8, 4) is 17.2 Å². The van der Waals surface area contributed by atoms with Crippen LogP contribution < -0.4 is 14.2 Å². The van der Waals surface area contributed by atoms with Crippen molar-refractivity contribution in [2.24, 2.45) is 0 Å². The Morgan fingerprint density at radius 2 is 1.38 bits per heavy atom. The first-order valence-electron chi connectivity index (χ1n) is 10.2. The van der Waals surface area contributed by atoms with Gasteiger partial charge in [0.15, 0.2) is 0 Å². The lowest BCUT2D eigenvalue weighted by molar-refractivity contribution is -0.159. The highest BCUT2D eigenvalue weighted by Gasteiger charge is 2.27. The van der Waals surface area contributed by atoms with Gasteiger partial charge in [-0.25, -0.2) is 9.59 Å². The fourth-order valence-corrected chi connectivity index (χ4v) is 3.85. The standard InChI is InChI=1S/C21H25BrN2O4.C2H2O4/c1-26-17-8-7-16(22)13-15(17)14-23-9-11-24(12-10-23)21(25)20-18(27-2)5-4-6-19(20)28-3;3-1(4)2(5)6/h4-8,13H,9-12,14H2,1-3H3;(H,3,4)(H,5,6). The normalized spacial score (nSPS) is 13.4. The van der Waals surface area contributed by atoms with Gasteiger partial charge in [0.05, 0.1) is 21.3 Å². The van der Waals surface area contributed by atoms with Crippen LogP contribution in [0.5, 0.6) is 17.2 Å². The molecule has 1 saturated heterocycles. The molecular weight excluding hydrogens is 512 g/mol. The number of methoxy groups -OCH3 is 3. The van der Waals surface area contributed by atoms with Crippen molar-refractivity contribution in [1.82, 2.24) is 9.80 Å². The number of halogens is 1. The minimum atomic E-state index is -1.82. The highest BCUT2D eigenvalue weighted by molar-refractivity contribution is 9.10. The van der Waals surface area contributed by atoms with Crippen molar-refractivity contribution in [2.45, 2.75) is 6.54 Å². The van der Waals surface area contributed by atoms with E-state index in [1.807, 2.05) is 23.1 Å². The number of carbonyl (C=O) groups is 3. The van der Waals surface area contributed by atoms with Gasteiger partial charge >= 0.3 is 11.9 Å². The molecule has 0 aliphatic carbocycles. The Bertz CT molecular complexity index is 988. The van der Waals surface area contributed by atoms with Crippen LogP contribution in [0.15, 0.2) is 40.9 Å². The number of carboxylic acids is 2. The third-order valence-electron chi connectivity index (χ3n) is 5.12. The largest absolute Gasteiger partial charge is 0.496 e. The van der Waals surface area contributed by atoms with Crippen LogP contribution in [0.4, 0.5) is 0 Å². The van der Waals surface area contributed by atoms with Gasteiger partial charge < -0.3 is 29.3 Å². The Morgan fingerprint density at radius 3 is 1.85 bits per heavy atom. The van der Waals surface area contributed by atoms with E-state index in [4.69, 9.17) is 34.0 Å². The molecule has 1 heterocycles. The van der Waals surface area contributed by atoms with Crippen LogP contribution in [-0.4, -0.2) is 85.4 Å². The van der Waals surface area contributed by atoms with E-state index in [-0.39, 0.29) is 5.91 Å². The molecule has 184 valence electrons. The van der Waals surface area contributed by atoms with Crippen molar-refractivity contribution in [2.75, 3.05) is 47.5 Å². The molecule has 1 aliphatic rings. The summed E-state index contributed by atoms with van der Waals surface area (Å²) in [6.07, 6.45) is 0. The monoisotopic (exact) mass is 538 g/mol. The van der Waals surface area contributed by atoms with Gasteiger partial charge in [-0.15, -0.1) is 0 Å². The second-order valence-corrected chi connectivity index (χ2v) is 8.09. The fourth-order valence-electron chi connectivity index (χ4n) is 3.44. The maximum atomic E-state index is 13.1. The molecule has 2 aromatic carbocycles. The van der Waals surface area contributed by atoms with Crippen molar-refractivity contribution in [3.05, 3.63) is 52.0 Å². The second kappa shape index (κ2) is 12.8. The molecule has 2 N–H and O–H groups in total. The highest BCUT2D eigenvalue weighted by atomic mass is 79.9. The molecule has 0 spiro atoms.